The summed E-state index contributed by atoms with van der Waals surface area (Å²) in [6, 6.07) is 5.11. The molecule has 0 bridgehead atoms. The molecule has 1 heterocycles. The van der Waals surface area contributed by atoms with Crippen molar-refractivity contribution < 1.29 is 19.3 Å². The molecule has 0 aliphatic carbocycles. The lowest BCUT2D eigenvalue weighted by Gasteiger charge is -2.06. The summed E-state index contributed by atoms with van der Waals surface area (Å²) in [4.78, 5) is 45.0. The van der Waals surface area contributed by atoms with Crippen molar-refractivity contribution in [2.75, 3.05) is 5.32 Å². The van der Waals surface area contributed by atoms with E-state index in [1.165, 1.54) is 18.2 Å². The number of Topliss-reactive ketones (excluding diaryl/α,β-unsaturated/α-hetero) is 1. The number of nitrogens with zero attached hydrogens (tertiary/aromatic N) is 1. The van der Waals surface area contributed by atoms with Crippen LogP contribution < -0.4 is 10.6 Å². The predicted molar refractivity (Wildman–Crippen MR) is 78.9 cm³/mol. The Kier molecular flexibility index (Phi) is 4.29. The summed E-state index contributed by atoms with van der Waals surface area (Å²) >= 11 is 5.51. The van der Waals surface area contributed by atoms with Crippen LogP contribution in [0.3, 0.4) is 0 Å². The maximum absolute atomic E-state index is 11.8. The lowest BCUT2D eigenvalue weighted by atomic mass is 10.2. The highest BCUT2D eigenvalue weighted by atomic mass is 32.2. The number of carbonyl (C=O) groups excluding carboxylic acids is 3. The van der Waals surface area contributed by atoms with Gasteiger partial charge in [0, 0.05) is 17.8 Å². The van der Waals surface area contributed by atoms with Gasteiger partial charge in [0.05, 0.1) is 4.92 Å². The topological polar surface area (TPSA) is 118 Å². The molecule has 1 saturated heterocycles. The SMILES string of the molecule is O=C(Nc1cccc([N+](=O)[O-])c1)C(=O)[C@H]1SC(=S)NC1=O. The van der Waals surface area contributed by atoms with Crippen molar-refractivity contribution in [2.45, 2.75) is 5.25 Å². The zero-order valence-corrected chi connectivity index (χ0v) is 11.8. The minimum absolute atomic E-state index is 0.0912. The van der Waals surface area contributed by atoms with Gasteiger partial charge in [-0.2, -0.15) is 0 Å². The number of nitro benzene ring substituents is 1. The van der Waals surface area contributed by atoms with Gasteiger partial charge in [-0.15, -0.1) is 0 Å². The molecule has 2 amide bonds. The first kappa shape index (κ1) is 15.1. The predicted octanol–water partition coefficient (Wildman–Crippen LogP) is 0.619. The van der Waals surface area contributed by atoms with Crippen molar-refractivity contribution in [3.8, 4) is 0 Å². The maximum Gasteiger partial charge on any atom is 0.293 e. The number of nitrogens with one attached hydrogen (secondary N) is 2. The molecule has 2 rings (SSSR count). The second-order valence-corrected chi connectivity index (χ2v) is 5.68. The van der Waals surface area contributed by atoms with E-state index in [9.17, 15) is 24.5 Å². The Morgan fingerprint density at radius 3 is 2.71 bits per heavy atom. The molecule has 1 aliphatic rings. The van der Waals surface area contributed by atoms with Crippen molar-refractivity contribution >= 4 is 57.3 Å². The van der Waals surface area contributed by atoms with E-state index in [1.54, 1.807) is 0 Å². The van der Waals surface area contributed by atoms with Gasteiger partial charge in [0.1, 0.15) is 4.32 Å². The highest BCUT2D eigenvalue weighted by Crippen LogP contribution is 2.21. The van der Waals surface area contributed by atoms with Gasteiger partial charge in [-0.25, -0.2) is 0 Å². The Balaban J connectivity index is 2.09. The second-order valence-electron chi connectivity index (χ2n) is 3.90. The number of hydrogen-bond acceptors (Lipinski definition) is 7. The molecule has 0 unspecified atom stereocenters. The van der Waals surface area contributed by atoms with Gasteiger partial charge in [-0.1, -0.05) is 30.0 Å². The van der Waals surface area contributed by atoms with Crippen LogP contribution in [0.5, 0.6) is 0 Å². The third-order valence-corrected chi connectivity index (χ3v) is 3.84. The molecule has 1 aromatic carbocycles. The maximum atomic E-state index is 11.8. The zero-order valence-electron chi connectivity index (χ0n) is 10.2. The number of non-ortho nitro benzene ring substituents is 1. The third-order valence-electron chi connectivity index (χ3n) is 2.47. The van der Waals surface area contributed by atoms with Crippen LogP contribution in [0.25, 0.3) is 0 Å². The summed E-state index contributed by atoms with van der Waals surface area (Å²) in [5.41, 5.74) is -0.136. The lowest BCUT2D eigenvalue weighted by molar-refractivity contribution is -0.384. The molecule has 0 spiro atoms. The molecule has 10 heteroatoms. The summed E-state index contributed by atoms with van der Waals surface area (Å²) in [5, 5.41) is 13.9. The van der Waals surface area contributed by atoms with Gasteiger partial charge in [-0.3, -0.25) is 24.5 Å². The van der Waals surface area contributed by atoms with Crippen molar-refractivity contribution in [1.82, 2.24) is 5.32 Å². The minimum Gasteiger partial charge on any atom is -0.319 e. The lowest BCUT2D eigenvalue weighted by Crippen LogP contribution is -2.37. The molecular weight excluding hydrogens is 318 g/mol. The van der Waals surface area contributed by atoms with E-state index in [-0.39, 0.29) is 15.7 Å². The fourth-order valence-electron chi connectivity index (χ4n) is 1.54. The molecule has 2 N–H and O–H groups in total. The average molecular weight is 325 g/mol. The van der Waals surface area contributed by atoms with E-state index < -0.39 is 27.8 Å². The van der Waals surface area contributed by atoms with E-state index in [0.29, 0.717) is 0 Å². The molecule has 0 aromatic heterocycles. The number of carbonyl (C=O) groups is 3. The third kappa shape index (κ3) is 3.41. The Hall–Kier alpha value is -2.33. The number of thioether (sulfide) groups is 1. The minimum atomic E-state index is -1.23. The number of nitro groups is 1. The van der Waals surface area contributed by atoms with Crippen LogP contribution in [0.2, 0.25) is 0 Å². The Labute approximate surface area is 127 Å². The Bertz CT molecular complexity index is 676. The molecule has 0 radical (unpaired) electrons. The summed E-state index contributed by atoms with van der Waals surface area (Å²) in [7, 11) is 0. The summed E-state index contributed by atoms with van der Waals surface area (Å²) in [5.74, 6) is -2.65. The smallest absolute Gasteiger partial charge is 0.293 e. The average Bonchev–Trinajstić information content (AvgIpc) is 2.77. The van der Waals surface area contributed by atoms with Crippen molar-refractivity contribution in [3.63, 3.8) is 0 Å². The standard InChI is InChI=1S/C11H7N3O5S2/c15-7(8-10(17)13-11(20)21-8)9(16)12-5-2-1-3-6(4-5)14(18)19/h1-4,8H,(H,12,16)(H,13,17,20)/t8-/m1/s1. The molecule has 1 aliphatic heterocycles. The first-order valence-electron chi connectivity index (χ1n) is 5.49. The summed E-state index contributed by atoms with van der Waals surface area (Å²) < 4.78 is 0.126. The highest BCUT2D eigenvalue weighted by molar-refractivity contribution is 8.25. The normalized spacial score (nSPS) is 17.2. The first-order valence-corrected chi connectivity index (χ1v) is 6.78. The number of hydrogen-bond donors (Lipinski definition) is 2. The number of ketones is 1. The van der Waals surface area contributed by atoms with E-state index >= 15 is 0 Å². The van der Waals surface area contributed by atoms with Crippen molar-refractivity contribution in [1.29, 1.82) is 0 Å². The number of anilines is 1. The van der Waals surface area contributed by atoms with Crippen LogP contribution in [-0.4, -0.2) is 32.1 Å². The first-order chi connectivity index (χ1) is 9.88. The second kappa shape index (κ2) is 5.97. The van der Waals surface area contributed by atoms with Crippen molar-refractivity contribution in [2.24, 2.45) is 0 Å². The monoisotopic (exact) mass is 325 g/mol. The Morgan fingerprint density at radius 1 is 1.43 bits per heavy atom. The van der Waals surface area contributed by atoms with Gasteiger partial charge >= 0.3 is 0 Å². The molecule has 1 atom stereocenters. The molecule has 8 nitrogen and oxygen atoms in total. The quantitative estimate of drug-likeness (QED) is 0.274. The van der Waals surface area contributed by atoms with Crippen LogP contribution in [0.1, 0.15) is 0 Å². The zero-order chi connectivity index (χ0) is 15.6. The summed E-state index contributed by atoms with van der Waals surface area (Å²) in [6.45, 7) is 0. The summed E-state index contributed by atoms with van der Waals surface area (Å²) in [6.07, 6.45) is 0. The van der Waals surface area contributed by atoms with Gasteiger partial charge in [0.2, 0.25) is 11.7 Å². The highest BCUT2D eigenvalue weighted by Gasteiger charge is 2.38. The van der Waals surface area contributed by atoms with Gasteiger partial charge in [0.25, 0.3) is 11.6 Å². The molecular formula is C11H7N3O5S2. The fraction of sp³-hybridized carbons (Fsp3) is 0.0909. The number of benzene rings is 1. The molecule has 0 saturated carbocycles. The van der Waals surface area contributed by atoms with Crippen LogP contribution in [0.15, 0.2) is 24.3 Å². The van der Waals surface area contributed by atoms with Crippen LogP contribution in [0.4, 0.5) is 11.4 Å². The van der Waals surface area contributed by atoms with Gasteiger partial charge in [-0.05, 0) is 6.07 Å². The van der Waals surface area contributed by atoms with Gasteiger partial charge in [0.15, 0.2) is 5.25 Å². The van der Waals surface area contributed by atoms with E-state index in [4.69, 9.17) is 12.2 Å². The van der Waals surface area contributed by atoms with E-state index in [1.807, 2.05) is 0 Å². The van der Waals surface area contributed by atoms with Crippen LogP contribution in [-0.2, 0) is 14.4 Å². The largest absolute Gasteiger partial charge is 0.319 e. The number of rotatable bonds is 4. The van der Waals surface area contributed by atoms with Crippen LogP contribution >= 0.6 is 24.0 Å². The molecule has 21 heavy (non-hydrogen) atoms. The molecule has 108 valence electrons. The number of thiocarbonyl (C=S) groups is 1. The molecule has 1 aromatic rings. The van der Waals surface area contributed by atoms with Gasteiger partial charge < -0.3 is 10.6 Å². The van der Waals surface area contributed by atoms with Crippen molar-refractivity contribution in [3.05, 3.63) is 34.4 Å². The van der Waals surface area contributed by atoms with Crippen LogP contribution in [0, 0.1) is 10.1 Å². The Morgan fingerprint density at radius 2 is 2.14 bits per heavy atom. The fourth-order valence-corrected chi connectivity index (χ4v) is 2.68. The molecule has 1 fully saturated rings. The number of amides is 2. The van der Waals surface area contributed by atoms with E-state index in [0.717, 1.165) is 17.8 Å². The van der Waals surface area contributed by atoms with E-state index in [2.05, 4.69) is 10.6 Å².